The molecule has 0 aliphatic carbocycles. The van der Waals surface area contributed by atoms with E-state index in [-0.39, 0.29) is 17.8 Å². The van der Waals surface area contributed by atoms with E-state index in [0.717, 1.165) is 44.3 Å². The van der Waals surface area contributed by atoms with E-state index in [2.05, 4.69) is 17.3 Å². The molecule has 0 aromatic carbocycles. The third-order valence-electron chi connectivity index (χ3n) is 3.34. The van der Waals surface area contributed by atoms with Gasteiger partial charge in [0.05, 0.1) is 0 Å². The Morgan fingerprint density at radius 2 is 2.39 bits per heavy atom. The summed E-state index contributed by atoms with van der Waals surface area (Å²) in [4.78, 5) is 11.7. The second kappa shape index (κ2) is 6.00. The first-order valence-electron chi connectivity index (χ1n) is 6.66. The summed E-state index contributed by atoms with van der Waals surface area (Å²) in [7, 11) is 0. The van der Waals surface area contributed by atoms with Gasteiger partial charge < -0.3 is 5.73 Å². The van der Waals surface area contributed by atoms with Crippen molar-refractivity contribution in [1.29, 1.82) is 0 Å². The number of hydrogen-bond acceptors (Lipinski definition) is 4. The molecule has 5 heteroatoms. The second-order valence-corrected chi connectivity index (χ2v) is 5.05. The molecule has 2 N–H and O–H groups in total. The van der Waals surface area contributed by atoms with Crippen LogP contribution in [0.1, 0.15) is 50.9 Å². The van der Waals surface area contributed by atoms with Gasteiger partial charge in [0.2, 0.25) is 0 Å². The summed E-state index contributed by atoms with van der Waals surface area (Å²) in [6.45, 7) is 1.98. The highest BCUT2D eigenvalue weighted by atomic mass is 16.5. The van der Waals surface area contributed by atoms with Crippen LogP contribution in [0.2, 0.25) is 0 Å². The number of nitrogens with two attached hydrogens (primary N) is 1. The minimum atomic E-state index is -0.322. The Morgan fingerprint density at radius 1 is 1.56 bits per heavy atom. The fourth-order valence-electron chi connectivity index (χ4n) is 2.39. The Hall–Kier alpha value is -1.36. The van der Waals surface area contributed by atoms with Crippen LogP contribution in [0, 0.1) is 0 Å². The number of rotatable bonds is 4. The zero-order valence-corrected chi connectivity index (χ0v) is 10.8. The molecule has 0 radical (unpaired) electrons. The molecule has 2 atom stereocenters. The molecule has 0 fully saturated rings. The molecule has 2 rings (SSSR count). The zero-order chi connectivity index (χ0) is 13.0. The highest BCUT2D eigenvalue weighted by molar-refractivity contribution is 4.95. The first-order valence-corrected chi connectivity index (χ1v) is 6.66. The summed E-state index contributed by atoms with van der Waals surface area (Å²) in [5, 5.41) is 3.85. The van der Waals surface area contributed by atoms with Crippen molar-refractivity contribution in [3.8, 4) is 0 Å². The van der Waals surface area contributed by atoms with Crippen molar-refractivity contribution in [3.63, 3.8) is 0 Å². The van der Waals surface area contributed by atoms with Gasteiger partial charge in [0.1, 0.15) is 0 Å². The van der Waals surface area contributed by atoms with Gasteiger partial charge >= 0.3 is 5.76 Å². The molecule has 0 amide bonds. The molecule has 1 aromatic rings. The standard InChI is InChI=1S/C13H21N3O2/c1-10(14)6-2-3-7-11-8-4-5-9-12-15-18-13(17)16(11)12/h2-3,10-11H,4-9,14H2,1H3/b3-2+. The van der Waals surface area contributed by atoms with E-state index in [4.69, 9.17) is 10.3 Å². The maximum atomic E-state index is 11.7. The minimum Gasteiger partial charge on any atom is -0.328 e. The molecule has 2 heterocycles. The van der Waals surface area contributed by atoms with E-state index in [9.17, 15) is 4.79 Å². The number of aryl methyl sites for hydroxylation is 1. The van der Waals surface area contributed by atoms with Gasteiger partial charge in [0, 0.05) is 18.5 Å². The molecule has 0 saturated heterocycles. The van der Waals surface area contributed by atoms with Gasteiger partial charge in [-0.05, 0) is 32.6 Å². The van der Waals surface area contributed by atoms with Gasteiger partial charge in [-0.3, -0.25) is 9.09 Å². The van der Waals surface area contributed by atoms with Crippen LogP contribution < -0.4 is 11.5 Å². The maximum absolute atomic E-state index is 11.7. The molecule has 1 aliphatic heterocycles. The van der Waals surface area contributed by atoms with Gasteiger partial charge in [-0.2, -0.15) is 0 Å². The van der Waals surface area contributed by atoms with E-state index in [1.807, 2.05) is 6.92 Å². The maximum Gasteiger partial charge on any atom is 0.441 e. The van der Waals surface area contributed by atoms with E-state index in [0.29, 0.717) is 0 Å². The van der Waals surface area contributed by atoms with E-state index in [1.54, 1.807) is 4.57 Å². The first kappa shape index (κ1) is 13.1. The minimum absolute atomic E-state index is 0.184. The van der Waals surface area contributed by atoms with Crippen molar-refractivity contribution < 1.29 is 4.52 Å². The zero-order valence-electron chi connectivity index (χ0n) is 10.8. The van der Waals surface area contributed by atoms with Crippen molar-refractivity contribution in [2.24, 2.45) is 5.73 Å². The molecule has 2 unspecified atom stereocenters. The van der Waals surface area contributed by atoms with Crippen LogP contribution in [0.3, 0.4) is 0 Å². The molecule has 100 valence electrons. The summed E-state index contributed by atoms with van der Waals surface area (Å²) in [6.07, 6.45) is 9.98. The lowest BCUT2D eigenvalue weighted by molar-refractivity contribution is 0.353. The van der Waals surface area contributed by atoms with Gasteiger partial charge in [-0.25, -0.2) is 4.79 Å². The monoisotopic (exact) mass is 251 g/mol. The molecule has 1 aliphatic rings. The molecular formula is C13H21N3O2. The average Bonchev–Trinajstić information content (AvgIpc) is 2.58. The van der Waals surface area contributed by atoms with Gasteiger partial charge in [0.25, 0.3) is 0 Å². The smallest absolute Gasteiger partial charge is 0.328 e. The van der Waals surface area contributed by atoms with Crippen molar-refractivity contribution in [2.45, 2.75) is 57.5 Å². The van der Waals surface area contributed by atoms with Crippen LogP contribution in [-0.2, 0) is 6.42 Å². The molecular weight excluding hydrogens is 230 g/mol. The number of aromatic nitrogens is 2. The fourth-order valence-corrected chi connectivity index (χ4v) is 2.39. The van der Waals surface area contributed by atoms with Crippen molar-refractivity contribution in [3.05, 3.63) is 28.5 Å². The normalized spacial score (nSPS) is 21.8. The lowest BCUT2D eigenvalue weighted by Gasteiger charge is -2.13. The predicted molar refractivity (Wildman–Crippen MR) is 69.4 cm³/mol. The molecule has 18 heavy (non-hydrogen) atoms. The third-order valence-corrected chi connectivity index (χ3v) is 3.34. The molecule has 0 saturated carbocycles. The Bertz CT molecular complexity index is 459. The SMILES string of the molecule is CC(N)C/C=C/CC1CCCCc2noc(=O)n21. The first-order chi connectivity index (χ1) is 8.68. The number of allylic oxidation sites excluding steroid dienone is 1. The van der Waals surface area contributed by atoms with Crippen LogP contribution in [0.25, 0.3) is 0 Å². The average molecular weight is 251 g/mol. The highest BCUT2D eigenvalue weighted by Gasteiger charge is 2.21. The quantitative estimate of drug-likeness (QED) is 0.828. The van der Waals surface area contributed by atoms with Gasteiger partial charge in [0.15, 0.2) is 5.82 Å². The lowest BCUT2D eigenvalue weighted by atomic mass is 10.1. The van der Waals surface area contributed by atoms with Crippen molar-refractivity contribution in [2.75, 3.05) is 0 Å². The molecule has 5 nitrogen and oxygen atoms in total. The van der Waals surface area contributed by atoms with Gasteiger partial charge in [-0.1, -0.05) is 23.7 Å². The topological polar surface area (TPSA) is 74.1 Å². The van der Waals surface area contributed by atoms with Crippen LogP contribution in [0.15, 0.2) is 21.5 Å². The van der Waals surface area contributed by atoms with E-state index >= 15 is 0 Å². The van der Waals surface area contributed by atoms with Crippen LogP contribution in [-0.4, -0.2) is 15.8 Å². The Kier molecular flexibility index (Phi) is 4.36. The third kappa shape index (κ3) is 3.10. The molecule has 1 aromatic heterocycles. The van der Waals surface area contributed by atoms with Crippen LogP contribution in [0.4, 0.5) is 0 Å². The largest absolute Gasteiger partial charge is 0.441 e. The highest BCUT2D eigenvalue weighted by Crippen LogP contribution is 2.24. The lowest BCUT2D eigenvalue weighted by Crippen LogP contribution is -2.21. The molecule has 0 spiro atoms. The number of fused-ring (bicyclic) bond motifs is 1. The van der Waals surface area contributed by atoms with Crippen LogP contribution in [0.5, 0.6) is 0 Å². The van der Waals surface area contributed by atoms with Crippen LogP contribution >= 0.6 is 0 Å². The van der Waals surface area contributed by atoms with Crippen molar-refractivity contribution in [1.82, 2.24) is 9.72 Å². The summed E-state index contributed by atoms with van der Waals surface area (Å²) < 4.78 is 6.49. The number of nitrogens with zero attached hydrogens (tertiary/aromatic N) is 2. The fraction of sp³-hybridized carbons (Fsp3) is 0.692. The Labute approximate surface area is 107 Å². The summed E-state index contributed by atoms with van der Waals surface area (Å²) in [5.74, 6) is 0.473. The number of hydrogen-bond donors (Lipinski definition) is 1. The van der Waals surface area contributed by atoms with Gasteiger partial charge in [-0.15, -0.1) is 0 Å². The Balaban J connectivity index is 2.06. The van der Waals surface area contributed by atoms with Crippen molar-refractivity contribution >= 4 is 0 Å². The summed E-state index contributed by atoms with van der Waals surface area (Å²) in [5.41, 5.74) is 5.69. The second-order valence-electron chi connectivity index (χ2n) is 5.05. The molecule has 0 bridgehead atoms. The Morgan fingerprint density at radius 3 is 3.17 bits per heavy atom. The van der Waals surface area contributed by atoms with E-state index in [1.165, 1.54) is 0 Å². The summed E-state index contributed by atoms with van der Waals surface area (Å²) in [6, 6.07) is 0.370. The predicted octanol–water partition coefficient (Wildman–Crippen LogP) is 1.79. The summed E-state index contributed by atoms with van der Waals surface area (Å²) >= 11 is 0. The van der Waals surface area contributed by atoms with E-state index < -0.39 is 0 Å².